The molecule has 1 fully saturated rings. The highest BCUT2D eigenvalue weighted by atomic mass is 19.4. The van der Waals surface area contributed by atoms with Gasteiger partial charge in [-0.15, -0.1) is 0 Å². The monoisotopic (exact) mass is 355 g/mol. The number of halogens is 3. The number of rotatable bonds is 3. The van der Waals surface area contributed by atoms with Crippen molar-refractivity contribution in [2.45, 2.75) is 26.0 Å². The summed E-state index contributed by atoms with van der Waals surface area (Å²) < 4.78 is 134. The summed E-state index contributed by atoms with van der Waals surface area (Å²) in [7, 11) is 0. The van der Waals surface area contributed by atoms with Gasteiger partial charge in [0.1, 0.15) is 6.04 Å². The van der Waals surface area contributed by atoms with E-state index < -0.39 is 79.1 Å². The normalized spacial score (nSPS) is 33.0. The molecule has 0 unspecified atom stereocenters. The molecule has 5 nitrogen and oxygen atoms in total. The third kappa shape index (κ3) is 4.39. The molecule has 0 bridgehead atoms. The second kappa shape index (κ2) is 7.11. The SMILES string of the molecule is [2H]c1ccc(N2C([2H])([2H])C([2H])([2H])N(C(=O)[C@@H](C)NC(=O)C([2H])([2H])[2H])C([2H])([2H])C2([2H])[2H])cc1C(F)(F)F. The number of nitrogens with zero attached hydrogens (tertiary/aromatic N) is 2. The zero-order valence-electron chi connectivity index (χ0n) is 24.2. The molecule has 0 saturated carbocycles. The molecular weight excluding hydrogens is 323 g/mol. The van der Waals surface area contributed by atoms with Crippen LogP contribution in [-0.2, 0) is 15.8 Å². The van der Waals surface area contributed by atoms with Crippen molar-refractivity contribution < 1.29 is 39.2 Å². The summed E-state index contributed by atoms with van der Waals surface area (Å²) in [5.41, 5.74) is -2.61. The zero-order chi connectivity index (χ0) is 28.4. The summed E-state index contributed by atoms with van der Waals surface area (Å²) in [6.45, 7) is -17.5. The van der Waals surface area contributed by atoms with Crippen LogP contribution < -0.4 is 10.2 Å². The average Bonchev–Trinajstić information content (AvgIpc) is 2.65. The van der Waals surface area contributed by atoms with Gasteiger partial charge in [-0.05, 0) is 25.1 Å². The molecule has 24 heavy (non-hydrogen) atoms. The molecule has 0 aliphatic carbocycles. The summed E-state index contributed by atoms with van der Waals surface area (Å²) in [5.74, 6) is -3.42. The maximum absolute atomic E-state index is 13.3. The Morgan fingerprint density at radius 2 is 2.04 bits per heavy atom. The van der Waals surface area contributed by atoms with Crippen molar-refractivity contribution in [3.8, 4) is 0 Å². The number of amides is 2. The minimum absolute atomic E-state index is 0.154. The Labute approximate surface area is 155 Å². The molecule has 1 aliphatic rings. The van der Waals surface area contributed by atoms with Gasteiger partial charge >= 0.3 is 6.18 Å². The first-order valence-corrected chi connectivity index (χ1v) is 6.46. The van der Waals surface area contributed by atoms with Gasteiger partial charge in [-0.3, -0.25) is 9.59 Å². The first-order chi connectivity index (χ1) is 15.8. The number of hydrogen-bond donors (Lipinski definition) is 1. The number of benzene rings is 1. The number of nitrogens with one attached hydrogen (secondary N) is 1. The first-order valence-electron chi connectivity index (χ1n) is 12.5. The zero-order valence-corrected chi connectivity index (χ0v) is 12.2. The van der Waals surface area contributed by atoms with Crippen LogP contribution in [0.3, 0.4) is 0 Å². The van der Waals surface area contributed by atoms with Crippen molar-refractivity contribution >= 4 is 17.5 Å². The van der Waals surface area contributed by atoms with Gasteiger partial charge in [0.2, 0.25) is 11.8 Å². The molecule has 1 atom stereocenters. The Balaban J connectivity index is 2.69. The fourth-order valence-corrected chi connectivity index (χ4v) is 1.70. The van der Waals surface area contributed by atoms with Crippen LogP contribution in [-0.4, -0.2) is 48.7 Å². The van der Waals surface area contributed by atoms with Crippen molar-refractivity contribution in [2.75, 3.05) is 30.9 Å². The van der Waals surface area contributed by atoms with Gasteiger partial charge in [-0.2, -0.15) is 13.2 Å². The molecule has 1 aliphatic heterocycles. The first kappa shape index (κ1) is 7.76. The molecule has 8 heteroatoms. The highest BCUT2D eigenvalue weighted by Crippen LogP contribution is 2.31. The number of hydrogen-bond acceptors (Lipinski definition) is 3. The van der Waals surface area contributed by atoms with Crippen LogP contribution in [0.15, 0.2) is 24.2 Å². The average molecular weight is 355 g/mol. The molecule has 0 radical (unpaired) electrons. The van der Waals surface area contributed by atoms with Gasteiger partial charge in [-0.1, -0.05) is 6.07 Å². The molecule has 1 aromatic rings. The van der Waals surface area contributed by atoms with Crippen molar-refractivity contribution in [1.29, 1.82) is 0 Å². The van der Waals surface area contributed by atoms with E-state index in [1.807, 2.05) is 0 Å². The van der Waals surface area contributed by atoms with Crippen molar-refractivity contribution in [3.63, 3.8) is 0 Å². The Hall–Kier alpha value is -2.25. The van der Waals surface area contributed by atoms with Gasteiger partial charge < -0.3 is 15.1 Å². The number of anilines is 1. The maximum atomic E-state index is 13.3. The highest BCUT2D eigenvalue weighted by Gasteiger charge is 2.31. The van der Waals surface area contributed by atoms with Crippen LogP contribution in [0.4, 0.5) is 18.9 Å². The molecule has 132 valence electrons. The van der Waals surface area contributed by atoms with Crippen LogP contribution >= 0.6 is 0 Å². The second-order valence-electron chi connectivity index (χ2n) is 4.61. The van der Waals surface area contributed by atoms with Gasteiger partial charge in [0, 0.05) is 42.6 Å². The Kier molecular flexibility index (Phi) is 2.30. The van der Waals surface area contributed by atoms with Gasteiger partial charge in [0.25, 0.3) is 0 Å². The minimum Gasteiger partial charge on any atom is -0.368 e. The number of piperazine rings is 1. The van der Waals surface area contributed by atoms with Gasteiger partial charge in [-0.25, -0.2) is 0 Å². The smallest absolute Gasteiger partial charge is 0.368 e. The maximum Gasteiger partial charge on any atom is 0.416 e. The molecule has 0 aromatic heterocycles. The fourth-order valence-electron chi connectivity index (χ4n) is 1.70. The summed E-state index contributed by atoms with van der Waals surface area (Å²) in [6.07, 6.45) is -5.14. The van der Waals surface area contributed by atoms with Crippen LogP contribution in [0.25, 0.3) is 0 Å². The Bertz CT molecular complexity index is 1030. The van der Waals surface area contributed by atoms with E-state index in [1.54, 1.807) is 5.32 Å². The predicted octanol–water partition coefficient (Wildman–Crippen LogP) is 1.88. The second-order valence-corrected chi connectivity index (χ2v) is 4.61. The van der Waals surface area contributed by atoms with Crippen LogP contribution in [0, 0.1) is 0 Å². The number of carbonyl (C=O) groups excluding carboxylic acids is 2. The van der Waals surface area contributed by atoms with Crippen molar-refractivity contribution in [3.05, 3.63) is 29.8 Å². The van der Waals surface area contributed by atoms with E-state index in [1.165, 1.54) is 0 Å². The molecule has 0 spiro atoms. The summed E-state index contributed by atoms with van der Waals surface area (Å²) in [5, 5.41) is 1.69. The van der Waals surface area contributed by atoms with E-state index in [9.17, 15) is 22.8 Å². The third-order valence-electron chi connectivity index (χ3n) is 2.83. The number of carbonyl (C=O) groups is 2. The molecule has 1 N–H and O–H groups in total. The van der Waals surface area contributed by atoms with E-state index in [2.05, 4.69) is 0 Å². The summed E-state index contributed by atoms with van der Waals surface area (Å²) in [6, 6.07) is -1.68. The van der Waals surface area contributed by atoms with E-state index in [0.29, 0.717) is 12.1 Å². The van der Waals surface area contributed by atoms with Crippen molar-refractivity contribution in [1.82, 2.24) is 10.2 Å². The van der Waals surface area contributed by atoms with Gasteiger partial charge in [0.05, 0.1) is 17.9 Å². The van der Waals surface area contributed by atoms with E-state index in [0.717, 1.165) is 6.92 Å². The highest BCUT2D eigenvalue weighted by molar-refractivity contribution is 5.86. The lowest BCUT2D eigenvalue weighted by Gasteiger charge is -2.37. The number of alkyl halides is 3. The lowest BCUT2D eigenvalue weighted by atomic mass is 10.1. The molecule has 2 amide bonds. The van der Waals surface area contributed by atoms with Crippen LogP contribution in [0.1, 0.15) is 35.8 Å². The topological polar surface area (TPSA) is 52.6 Å². The largest absolute Gasteiger partial charge is 0.416 e. The van der Waals surface area contributed by atoms with E-state index >= 15 is 0 Å². The standard InChI is InChI=1S/C16H20F3N3O2/c1-11(20-12(2)23)15(24)22-8-6-21(7-9-22)14-5-3-4-13(10-14)16(17,18)19/h3-5,10-11H,6-9H2,1-2H3,(H,20,23)/t11-/m1/s1/i2D3,4D,6D2,7D2,8D2,9D2. The van der Waals surface area contributed by atoms with E-state index in [4.69, 9.17) is 16.4 Å². The minimum atomic E-state index is -5.14. The lowest BCUT2D eigenvalue weighted by Crippen LogP contribution is -2.54. The van der Waals surface area contributed by atoms with Crippen LogP contribution in [0.2, 0.25) is 0 Å². The summed E-state index contributed by atoms with van der Waals surface area (Å²) in [4.78, 5) is 24.0. The molecular formula is C16H20F3N3O2. The molecule has 1 saturated heterocycles. The van der Waals surface area contributed by atoms with Gasteiger partial charge in [0.15, 0.2) is 0 Å². The third-order valence-corrected chi connectivity index (χ3v) is 2.83. The molecule has 2 rings (SSSR count). The lowest BCUT2D eigenvalue weighted by molar-refractivity contribution is -0.137. The fraction of sp³-hybridized carbons (Fsp3) is 0.500. The predicted molar refractivity (Wildman–Crippen MR) is 83.5 cm³/mol. The molecule has 1 heterocycles. The van der Waals surface area contributed by atoms with E-state index in [-0.39, 0.29) is 11.0 Å². The summed E-state index contributed by atoms with van der Waals surface area (Å²) >= 11 is 0. The van der Waals surface area contributed by atoms with Crippen molar-refractivity contribution in [2.24, 2.45) is 0 Å². The Morgan fingerprint density at radius 3 is 2.62 bits per heavy atom. The van der Waals surface area contributed by atoms with Crippen LogP contribution in [0.5, 0.6) is 0 Å². The molecule has 1 aromatic carbocycles. The quantitative estimate of drug-likeness (QED) is 0.901. The Morgan fingerprint density at radius 1 is 1.38 bits per heavy atom.